The Hall–Kier alpha value is -2.79. The monoisotopic (exact) mass is 463 g/mol. The van der Waals surface area contributed by atoms with Crippen molar-refractivity contribution in [1.29, 1.82) is 0 Å². The molecular weight excluding hydrogens is 434 g/mol. The number of carbonyl (C=O) groups excluding carboxylic acids is 1. The lowest BCUT2D eigenvalue weighted by Crippen LogP contribution is -2.30. The average Bonchev–Trinajstić information content (AvgIpc) is 3.40. The number of sulfonamides is 1. The van der Waals surface area contributed by atoms with E-state index >= 15 is 0 Å². The van der Waals surface area contributed by atoms with Crippen LogP contribution in [-0.4, -0.2) is 51.5 Å². The molecule has 0 atom stereocenters. The first-order valence-electron chi connectivity index (χ1n) is 10.8. The van der Waals surface area contributed by atoms with E-state index in [1.807, 2.05) is 32.3 Å². The van der Waals surface area contributed by atoms with Gasteiger partial charge in [0.25, 0.3) is 5.89 Å². The van der Waals surface area contributed by atoms with Crippen molar-refractivity contribution >= 4 is 27.0 Å². The molecule has 32 heavy (non-hydrogen) atoms. The van der Waals surface area contributed by atoms with Crippen LogP contribution in [-0.2, 0) is 45.5 Å². The van der Waals surface area contributed by atoms with Gasteiger partial charge in [-0.05, 0) is 25.1 Å². The number of aromatic nitrogens is 4. The van der Waals surface area contributed by atoms with Gasteiger partial charge in [-0.1, -0.05) is 25.9 Å². The molecule has 0 unspecified atom stereocenters. The Labute approximate surface area is 187 Å². The SMILES string of the molecule is CCc1noc(COC(=O)CCc2nc3cc(S(=O)(=O)N(CC)CC)ccc3n2CC)n1. The maximum Gasteiger partial charge on any atom is 0.306 e. The molecule has 0 saturated carbocycles. The normalized spacial score (nSPS) is 12.0. The molecule has 10 nitrogen and oxygen atoms in total. The van der Waals surface area contributed by atoms with Crippen molar-refractivity contribution < 1.29 is 22.5 Å². The van der Waals surface area contributed by atoms with E-state index in [1.54, 1.807) is 18.2 Å². The molecule has 3 rings (SSSR count). The van der Waals surface area contributed by atoms with E-state index in [4.69, 9.17) is 9.26 Å². The number of esters is 1. The first-order chi connectivity index (χ1) is 15.3. The van der Waals surface area contributed by atoms with Crippen molar-refractivity contribution in [2.75, 3.05) is 13.1 Å². The molecule has 0 bridgehead atoms. The molecule has 0 fully saturated rings. The van der Waals surface area contributed by atoms with Crippen LogP contribution in [0, 0.1) is 0 Å². The fourth-order valence-electron chi connectivity index (χ4n) is 3.50. The maximum absolute atomic E-state index is 12.8. The summed E-state index contributed by atoms with van der Waals surface area (Å²) in [6.45, 7) is 8.88. The van der Waals surface area contributed by atoms with Crippen LogP contribution in [0.4, 0.5) is 0 Å². The second kappa shape index (κ2) is 10.2. The molecule has 11 heteroatoms. The van der Waals surface area contributed by atoms with Crippen LogP contribution in [0.3, 0.4) is 0 Å². The lowest BCUT2D eigenvalue weighted by atomic mass is 10.3. The number of aryl methyl sites for hydroxylation is 3. The Kier molecular flexibility index (Phi) is 7.62. The number of fused-ring (bicyclic) bond motifs is 1. The predicted molar refractivity (Wildman–Crippen MR) is 117 cm³/mol. The van der Waals surface area contributed by atoms with Crippen LogP contribution in [0.5, 0.6) is 0 Å². The maximum atomic E-state index is 12.8. The Balaban J connectivity index is 1.73. The molecule has 0 amide bonds. The van der Waals surface area contributed by atoms with Gasteiger partial charge in [0.2, 0.25) is 10.0 Å². The molecule has 0 aliphatic rings. The smallest absolute Gasteiger partial charge is 0.306 e. The van der Waals surface area contributed by atoms with Gasteiger partial charge in [-0.3, -0.25) is 4.79 Å². The second-order valence-electron chi connectivity index (χ2n) is 7.13. The summed E-state index contributed by atoms with van der Waals surface area (Å²) in [7, 11) is -3.57. The molecule has 3 aromatic rings. The van der Waals surface area contributed by atoms with E-state index in [2.05, 4.69) is 15.1 Å². The second-order valence-corrected chi connectivity index (χ2v) is 9.07. The third kappa shape index (κ3) is 4.99. The molecule has 0 spiro atoms. The van der Waals surface area contributed by atoms with E-state index in [1.165, 1.54) is 4.31 Å². The minimum absolute atomic E-state index is 0.0669. The van der Waals surface area contributed by atoms with Gasteiger partial charge in [0.1, 0.15) is 5.82 Å². The van der Waals surface area contributed by atoms with Crippen molar-refractivity contribution in [2.24, 2.45) is 0 Å². The minimum Gasteiger partial charge on any atom is -0.456 e. The summed E-state index contributed by atoms with van der Waals surface area (Å²) in [6.07, 6.45) is 1.13. The van der Waals surface area contributed by atoms with Gasteiger partial charge in [-0.25, -0.2) is 13.4 Å². The average molecular weight is 464 g/mol. The zero-order chi connectivity index (χ0) is 23.3. The van der Waals surface area contributed by atoms with E-state index < -0.39 is 16.0 Å². The van der Waals surface area contributed by atoms with Crippen molar-refractivity contribution in [3.63, 3.8) is 0 Å². The Bertz CT molecular complexity index is 1180. The highest BCUT2D eigenvalue weighted by Gasteiger charge is 2.23. The van der Waals surface area contributed by atoms with Crippen molar-refractivity contribution in [2.45, 2.75) is 65.0 Å². The van der Waals surface area contributed by atoms with E-state index in [-0.39, 0.29) is 23.8 Å². The quantitative estimate of drug-likeness (QED) is 0.398. The van der Waals surface area contributed by atoms with E-state index in [9.17, 15) is 13.2 Å². The number of imidazole rings is 1. The molecular formula is C21H29N5O5S. The van der Waals surface area contributed by atoms with Gasteiger partial charge < -0.3 is 13.8 Å². The van der Waals surface area contributed by atoms with Gasteiger partial charge in [-0.2, -0.15) is 9.29 Å². The van der Waals surface area contributed by atoms with Gasteiger partial charge >= 0.3 is 5.97 Å². The molecule has 0 aliphatic heterocycles. The largest absolute Gasteiger partial charge is 0.456 e. The topological polar surface area (TPSA) is 120 Å². The fraction of sp³-hybridized carbons (Fsp3) is 0.524. The molecule has 0 saturated heterocycles. The fourth-order valence-corrected chi connectivity index (χ4v) is 4.98. The number of rotatable bonds is 11. The number of hydrogen-bond acceptors (Lipinski definition) is 8. The highest BCUT2D eigenvalue weighted by Crippen LogP contribution is 2.23. The summed E-state index contributed by atoms with van der Waals surface area (Å²) in [5.41, 5.74) is 1.41. The van der Waals surface area contributed by atoms with Crippen molar-refractivity contribution in [3.8, 4) is 0 Å². The van der Waals surface area contributed by atoms with E-state index in [0.717, 1.165) is 5.52 Å². The summed E-state index contributed by atoms with van der Waals surface area (Å²) in [5, 5.41) is 3.76. The molecule has 0 N–H and O–H groups in total. The standard InChI is InChI=1S/C21H29N5O5S/c1-5-18-23-20(31-24-18)14-30-21(27)12-11-19-22-16-13-15(9-10-17(16)26(19)8-4)32(28,29)25(6-2)7-3/h9-10,13H,5-8,11-12,14H2,1-4H3. The third-order valence-electron chi connectivity index (χ3n) is 5.19. The summed E-state index contributed by atoms with van der Waals surface area (Å²) in [5.74, 6) is 1.12. The lowest BCUT2D eigenvalue weighted by molar-refractivity contribution is -0.145. The van der Waals surface area contributed by atoms with Crippen LogP contribution in [0.2, 0.25) is 0 Å². The number of ether oxygens (including phenoxy) is 1. The van der Waals surface area contributed by atoms with Crippen LogP contribution in [0.15, 0.2) is 27.6 Å². The predicted octanol–water partition coefficient (Wildman–Crippen LogP) is 2.71. The molecule has 2 aromatic heterocycles. The van der Waals surface area contributed by atoms with Crippen LogP contribution in [0.25, 0.3) is 11.0 Å². The van der Waals surface area contributed by atoms with Gasteiger partial charge in [0.15, 0.2) is 12.4 Å². The molecule has 0 radical (unpaired) electrons. The Morgan fingerprint density at radius 2 is 1.91 bits per heavy atom. The zero-order valence-corrected chi connectivity index (χ0v) is 19.7. The number of hydrogen-bond donors (Lipinski definition) is 0. The van der Waals surface area contributed by atoms with Crippen molar-refractivity contribution in [3.05, 3.63) is 35.7 Å². The summed E-state index contributed by atoms with van der Waals surface area (Å²) < 4.78 is 39.3. The summed E-state index contributed by atoms with van der Waals surface area (Å²) in [6, 6.07) is 4.97. The van der Waals surface area contributed by atoms with Crippen LogP contribution in [0.1, 0.15) is 51.7 Å². The van der Waals surface area contributed by atoms with Crippen molar-refractivity contribution in [1.82, 2.24) is 24.0 Å². The third-order valence-corrected chi connectivity index (χ3v) is 7.24. The molecule has 1 aromatic carbocycles. The lowest BCUT2D eigenvalue weighted by Gasteiger charge is -2.18. The van der Waals surface area contributed by atoms with Gasteiger partial charge in [0, 0.05) is 32.5 Å². The minimum atomic E-state index is -3.57. The Morgan fingerprint density at radius 3 is 2.53 bits per heavy atom. The first-order valence-corrected chi connectivity index (χ1v) is 12.2. The molecule has 174 valence electrons. The first kappa shape index (κ1) is 23.9. The zero-order valence-electron chi connectivity index (χ0n) is 18.9. The Morgan fingerprint density at radius 1 is 1.16 bits per heavy atom. The number of nitrogens with zero attached hydrogens (tertiary/aromatic N) is 5. The molecule has 0 aliphatic carbocycles. The number of carbonyl (C=O) groups is 1. The highest BCUT2D eigenvalue weighted by atomic mass is 32.2. The van der Waals surface area contributed by atoms with E-state index in [0.29, 0.717) is 49.6 Å². The summed E-state index contributed by atoms with van der Waals surface area (Å²) in [4.78, 5) is 21.1. The number of benzene rings is 1. The molecule has 2 heterocycles. The van der Waals surface area contributed by atoms with Crippen LogP contribution >= 0.6 is 0 Å². The van der Waals surface area contributed by atoms with Crippen LogP contribution < -0.4 is 0 Å². The highest BCUT2D eigenvalue weighted by molar-refractivity contribution is 7.89. The van der Waals surface area contributed by atoms with Gasteiger partial charge in [-0.15, -0.1) is 0 Å². The van der Waals surface area contributed by atoms with Gasteiger partial charge in [0.05, 0.1) is 22.3 Å². The summed E-state index contributed by atoms with van der Waals surface area (Å²) >= 11 is 0.